The molecule has 5 nitrogen and oxygen atoms in total. The fourth-order valence-electron chi connectivity index (χ4n) is 4.47. The average molecular weight is 498 g/mol. The Hall–Kier alpha value is -3.97. The Balaban J connectivity index is 1.50. The molecule has 4 heterocycles. The Labute approximate surface area is 214 Å². The number of hydrogen-bond donors (Lipinski definition) is 3. The van der Waals surface area contributed by atoms with Crippen LogP contribution in [0.2, 0.25) is 0 Å². The first kappa shape index (κ1) is 23.8. The molecule has 0 spiro atoms. The smallest absolute Gasteiger partial charge is 0.138 e. The largest absolute Gasteiger partial charge is 0.388 e. The van der Waals surface area contributed by atoms with Crippen LogP contribution in [0.5, 0.6) is 0 Å². The number of rotatable bonds is 9. The number of benzene rings is 1. The van der Waals surface area contributed by atoms with Gasteiger partial charge in [-0.15, -0.1) is 11.3 Å². The van der Waals surface area contributed by atoms with Crippen LogP contribution in [-0.2, 0) is 6.42 Å². The van der Waals surface area contributed by atoms with Crippen LogP contribution < -0.4 is 10.6 Å². The predicted molar refractivity (Wildman–Crippen MR) is 149 cm³/mol. The molecule has 0 amide bonds. The minimum absolute atomic E-state index is 0.298. The summed E-state index contributed by atoms with van der Waals surface area (Å²) in [5, 5.41) is 9.58. The number of H-pyrrole nitrogens is 1. The first-order valence-electron chi connectivity index (χ1n) is 12.0. The molecule has 0 radical (unpaired) electrons. The van der Waals surface area contributed by atoms with Crippen LogP contribution >= 0.6 is 11.3 Å². The zero-order chi connectivity index (χ0) is 25.1. The van der Waals surface area contributed by atoms with Gasteiger partial charge in [0, 0.05) is 69.9 Å². The molecule has 0 aliphatic heterocycles. The standard InChI is InChI=1S/C29H28FN5S/c1-4-6-18(2)34-22-12-20(16-32-17-22)24-13-19(27(31-3)15-26(24)30)11-21-14-25-23(28-7-5-10-36-28)8-9-33-29(25)35-21/h5,7-10,12-17,31,34H,2,4,6,11H2,1,3H3,(H,33,35). The highest BCUT2D eigenvalue weighted by Crippen LogP contribution is 2.34. The highest BCUT2D eigenvalue weighted by molar-refractivity contribution is 7.13. The average Bonchev–Trinajstić information content (AvgIpc) is 3.55. The third-order valence-corrected chi connectivity index (χ3v) is 7.04. The topological polar surface area (TPSA) is 65.6 Å². The van der Waals surface area contributed by atoms with Gasteiger partial charge in [0.25, 0.3) is 0 Å². The molecule has 5 aromatic rings. The van der Waals surface area contributed by atoms with E-state index in [1.165, 1.54) is 4.88 Å². The number of thiophene rings is 1. The molecule has 36 heavy (non-hydrogen) atoms. The van der Waals surface area contributed by atoms with E-state index in [1.54, 1.807) is 29.8 Å². The molecule has 0 saturated heterocycles. The molecule has 3 N–H and O–H groups in total. The molecule has 1 aromatic carbocycles. The van der Waals surface area contributed by atoms with Crippen LogP contribution in [0.25, 0.3) is 32.6 Å². The maximum absolute atomic E-state index is 15.2. The van der Waals surface area contributed by atoms with Crippen molar-refractivity contribution in [1.82, 2.24) is 15.0 Å². The number of pyridine rings is 2. The Bertz CT molecular complexity index is 1520. The maximum Gasteiger partial charge on any atom is 0.138 e. The first-order chi connectivity index (χ1) is 17.6. The monoisotopic (exact) mass is 497 g/mol. The summed E-state index contributed by atoms with van der Waals surface area (Å²) in [6.45, 7) is 6.16. The van der Waals surface area contributed by atoms with Crippen LogP contribution in [0.15, 0.2) is 78.7 Å². The number of allylic oxidation sites excluding steroid dienone is 1. The second kappa shape index (κ2) is 10.3. The van der Waals surface area contributed by atoms with Crippen molar-refractivity contribution in [2.24, 2.45) is 0 Å². The number of halogens is 1. The molecule has 0 fully saturated rings. The number of fused-ring (bicyclic) bond motifs is 1. The van der Waals surface area contributed by atoms with E-state index in [9.17, 15) is 0 Å². The van der Waals surface area contributed by atoms with Crippen molar-refractivity contribution in [3.8, 4) is 21.6 Å². The maximum atomic E-state index is 15.2. The Morgan fingerprint density at radius 1 is 1.14 bits per heavy atom. The van der Waals surface area contributed by atoms with Crippen LogP contribution in [0.1, 0.15) is 31.0 Å². The van der Waals surface area contributed by atoms with E-state index in [0.717, 1.165) is 57.8 Å². The van der Waals surface area contributed by atoms with Gasteiger partial charge in [0.1, 0.15) is 11.5 Å². The Kier molecular flexibility index (Phi) is 6.82. The Morgan fingerprint density at radius 3 is 2.81 bits per heavy atom. The van der Waals surface area contributed by atoms with E-state index in [4.69, 9.17) is 0 Å². The third kappa shape index (κ3) is 4.88. The number of nitrogens with zero attached hydrogens (tertiary/aromatic N) is 2. The molecule has 0 unspecified atom stereocenters. The van der Waals surface area contributed by atoms with Crippen molar-refractivity contribution in [3.63, 3.8) is 0 Å². The molecule has 0 saturated carbocycles. The van der Waals surface area contributed by atoms with Gasteiger partial charge in [0.2, 0.25) is 0 Å². The normalized spacial score (nSPS) is 11.1. The van der Waals surface area contributed by atoms with Gasteiger partial charge in [-0.2, -0.15) is 0 Å². The van der Waals surface area contributed by atoms with Crippen molar-refractivity contribution < 1.29 is 4.39 Å². The van der Waals surface area contributed by atoms with Crippen LogP contribution in [0.3, 0.4) is 0 Å². The summed E-state index contributed by atoms with van der Waals surface area (Å²) >= 11 is 1.71. The minimum atomic E-state index is -0.298. The lowest BCUT2D eigenvalue weighted by Gasteiger charge is -2.14. The fraction of sp³-hybridized carbons (Fsp3) is 0.172. The van der Waals surface area contributed by atoms with Gasteiger partial charge in [-0.25, -0.2) is 9.37 Å². The molecular weight excluding hydrogens is 469 g/mol. The predicted octanol–water partition coefficient (Wildman–Crippen LogP) is 7.85. The molecule has 0 aliphatic carbocycles. The quantitative estimate of drug-likeness (QED) is 0.194. The zero-order valence-corrected chi connectivity index (χ0v) is 21.2. The summed E-state index contributed by atoms with van der Waals surface area (Å²) < 4.78 is 15.2. The summed E-state index contributed by atoms with van der Waals surface area (Å²) in [6.07, 6.45) is 7.72. The fourth-order valence-corrected chi connectivity index (χ4v) is 5.24. The number of anilines is 2. The van der Waals surface area contributed by atoms with Crippen LogP contribution in [-0.4, -0.2) is 22.0 Å². The van der Waals surface area contributed by atoms with E-state index in [2.05, 4.69) is 62.7 Å². The zero-order valence-electron chi connectivity index (χ0n) is 20.4. The van der Waals surface area contributed by atoms with E-state index in [1.807, 2.05) is 31.4 Å². The number of nitrogens with one attached hydrogen (secondary N) is 3. The number of hydrogen-bond acceptors (Lipinski definition) is 5. The lowest BCUT2D eigenvalue weighted by molar-refractivity contribution is 0.631. The SMILES string of the molecule is C=C(CCC)Nc1cncc(-c2cc(Cc3cc4c(-c5cccs5)ccnc4[nH]3)c(NC)cc2F)c1. The lowest BCUT2D eigenvalue weighted by Crippen LogP contribution is -2.01. The molecule has 4 aromatic heterocycles. The molecular formula is C29H28FN5S. The summed E-state index contributed by atoms with van der Waals surface area (Å²) in [7, 11) is 1.81. The lowest BCUT2D eigenvalue weighted by atomic mass is 9.99. The van der Waals surface area contributed by atoms with Crippen molar-refractivity contribution >= 4 is 33.7 Å². The van der Waals surface area contributed by atoms with Gasteiger partial charge >= 0.3 is 0 Å². The van der Waals surface area contributed by atoms with E-state index in [-0.39, 0.29) is 5.82 Å². The highest BCUT2D eigenvalue weighted by Gasteiger charge is 2.15. The van der Waals surface area contributed by atoms with Crippen molar-refractivity contribution in [2.45, 2.75) is 26.2 Å². The first-order valence-corrected chi connectivity index (χ1v) is 12.8. The van der Waals surface area contributed by atoms with Gasteiger partial charge < -0.3 is 15.6 Å². The third-order valence-electron chi connectivity index (χ3n) is 6.14. The summed E-state index contributed by atoms with van der Waals surface area (Å²) in [5.74, 6) is -0.298. The molecule has 5 rings (SSSR count). The van der Waals surface area contributed by atoms with Crippen molar-refractivity contribution in [1.29, 1.82) is 0 Å². The van der Waals surface area contributed by atoms with Crippen molar-refractivity contribution in [3.05, 3.63) is 95.8 Å². The van der Waals surface area contributed by atoms with Gasteiger partial charge in [0.15, 0.2) is 0 Å². The van der Waals surface area contributed by atoms with Crippen molar-refractivity contribution in [2.75, 3.05) is 17.7 Å². The number of aromatic amines is 1. The van der Waals surface area contributed by atoms with E-state index >= 15 is 4.39 Å². The van der Waals surface area contributed by atoms with Crippen LogP contribution in [0, 0.1) is 5.82 Å². The van der Waals surface area contributed by atoms with Crippen LogP contribution in [0.4, 0.5) is 15.8 Å². The molecule has 182 valence electrons. The summed E-state index contributed by atoms with van der Waals surface area (Å²) in [5.41, 5.74) is 7.68. The van der Waals surface area contributed by atoms with Gasteiger partial charge in [0.05, 0.1) is 11.9 Å². The van der Waals surface area contributed by atoms with Gasteiger partial charge in [-0.05, 0) is 53.8 Å². The minimum Gasteiger partial charge on any atom is -0.388 e. The molecule has 0 bridgehead atoms. The molecule has 7 heteroatoms. The van der Waals surface area contributed by atoms with E-state index < -0.39 is 0 Å². The molecule has 0 aliphatic rings. The molecule has 0 atom stereocenters. The van der Waals surface area contributed by atoms with E-state index in [0.29, 0.717) is 17.5 Å². The second-order valence-electron chi connectivity index (χ2n) is 8.75. The van der Waals surface area contributed by atoms with Gasteiger partial charge in [-0.3, -0.25) is 4.98 Å². The highest BCUT2D eigenvalue weighted by atomic mass is 32.1. The number of aromatic nitrogens is 3. The summed E-state index contributed by atoms with van der Waals surface area (Å²) in [6, 6.07) is 13.7. The Morgan fingerprint density at radius 2 is 2.03 bits per heavy atom. The summed E-state index contributed by atoms with van der Waals surface area (Å²) in [4.78, 5) is 13.5. The van der Waals surface area contributed by atoms with Gasteiger partial charge in [-0.1, -0.05) is 26.0 Å². The second-order valence-corrected chi connectivity index (χ2v) is 9.70.